The number of benzene rings is 1. The summed E-state index contributed by atoms with van der Waals surface area (Å²) in [6, 6.07) is 10.7. The Kier molecular flexibility index (Phi) is 9.89. The number of nitrogens with one attached hydrogen (secondary N) is 2. The summed E-state index contributed by atoms with van der Waals surface area (Å²) in [4.78, 5) is 29.4. The third kappa shape index (κ3) is 7.12. The van der Waals surface area contributed by atoms with Gasteiger partial charge in [-0.1, -0.05) is 12.1 Å². The maximum atomic E-state index is 12.9. The van der Waals surface area contributed by atoms with Crippen molar-refractivity contribution in [1.82, 2.24) is 15.1 Å². The molecule has 0 spiro atoms. The second kappa shape index (κ2) is 12.9. The Morgan fingerprint density at radius 1 is 1.30 bits per heavy atom. The van der Waals surface area contributed by atoms with Gasteiger partial charge in [0.05, 0.1) is 16.7 Å². The highest BCUT2D eigenvalue weighted by Gasteiger charge is 2.40. The molecule has 3 rings (SSSR count). The van der Waals surface area contributed by atoms with Crippen molar-refractivity contribution in [3.63, 3.8) is 0 Å². The van der Waals surface area contributed by atoms with Crippen LogP contribution < -0.4 is 10.6 Å². The molecule has 33 heavy (non-hydrogen) atoms. The van der Waals surface area contributed by atoms with Crippen LogP contribution in [-0.4, -0.2) is 71.5 Å². The Bertz CT molecular complexity index is 836. The molecular weight excluding hydrogens is 434 g/mol. The highest BCUT2D eigenvalue weighted by Crippen LogP contribution is 2.36. The van der Waals surface area contributed by atoms with Gasteiger partial charge in [0.1, 0.15) is 5.92 Å². The number of rotatable bonds is 12. The molecule has 180 valence electrons. The summed E-state index contributed by atoms with van der Waals surface area (Å²) in [5, 5.41) is 15.4. The summed E-state index contributed by atoms with van der Waals surface area (Å²) in [5.74, 6) is -0.871. The zero-order chi connectivity index (χ0) is 23.6. The minimum atomic E-state index is -0.732. The van der Waals surface area contributed by atoms with Crippen LogP contribution in [0.1, 0.15) is 45.1 Å². The Hall–Kier alpha value is -2.24. The summed E-state index contributed by atoms with van der Waals surface area (Å²) in [7, 11) is 0. The number of nitriles is 1. The highest BCUT2D eigenvalue weighted by molar-refractivity contribution is 8.01. The monoisotopic (exact) mass is 471 g/mol. The molecule has 2 fully saturated rings. The number of anilines is 1. The topological polar surface area (TPSA) is 88.5 Å². The van der Waals surface area contributed by atoms with E-state index in [-0.39, 0.29) is 22.4 Å². The smallest absolute Gasteiger partial charge is 0.237 e. The van der Waals surface area contributed by atoms with Crippen LogP contribution in [0.5, 0.6) is 0 Å². The Morgan fingerprint density at radius 2 is 2.09 bits per heavy atom. The molecule has 0 aliphatic carbocycles. The van der Waals surface area contributed by atoms with Gasteiger partial charge < -0.3 is 20.4 Å². The lowest BCUT2D eigenvalue weighted by Crippen LogP contribution is -2.38. The van der Waals surface area contributed by atoms with Gasteiger partial charge in [-0.15, -0.1) is 11.8 Å². The zero-order valence-electron chi connectivity index (χ0n) is 19.9. The minimum absolute atomic E-state index is 0.112. The summed E-state index contributed by atoms with van der Waals surface area (Å²) >= 11 is 1.59. The van der Waals surface area contributed by atoms with E-state index in [0.29, 0.717) is 32.5 Å². The van der Waals surface area contributed by atoms with Gasteiger partial charge in [-0.2, -0.15) is 5.26 Å². The van der Waals surface area contributed by atoms with Crippen LogP contribution in [-0.2, 0) is 16.0 Å². The van der Waals surface area contributed by atoms with Gasteiger partial charge >= 0.3 is 0 Å². The first-order valence-electron chi connectivity index (χ1n) is 12.2. The number of thioether (sulfide) groups is 1. The average Bonchev–Trinajstić information content (AvgIpc) is 3.44. The molecule has 2 N–H and O–H groups in total. The second-order valence-corrected chi connectivity index (χ2v) is 10.1. The molecule has 2 aliphatic heterocycles. The molecule has 8 heteroatoms. The van der Waals surface area contributed by atoms with Crippen molar-refractivity contribution in [3.05, 3.63) is 29.8 Å². The van der Waals surface area contributed by atoms with E-state index < -0.39 is 5.92 Å². The van der Waals surface area contributed by atoms with Crippen LogP contribution in [0, 0.1) is 17.2 Å². The fourth-order valence-electron chi connectivity index (χ4n) is 4.58. The number of likely N-dealkylation sites (tertiary alicyclic amines) is 1. The van der Waals surface area contributed by atoms with Gasteiger partial charge in [-0.25, -0.2) is 0 Å². The Balaban J connectivity index is 1.48. The fourth-order valence-corrected chi connectivity index (χ4v) is 6.17. The lowest BCUT2D eigenvalue weighted by atomic mass is 10.1. The largest absolute Gasteiger partial charge is 0.385 e. The Labute approximate surface area is 202 Å². The standard InChI is InChI=1S/C25H37N5O2S/c1-3-27-24(31)20(18-26)17-23-30(4-2)25(32)22(33-23)10-12-28-21-9-7-8-19(16-21)11-15-29-13-5-6-14-29/h7-9,16,20,22-23,28H,3-6,10-15,17H2,1-2H3,(H,27,31). The van der Waals surface area contributed by atoms with E-state index in [4.69, 9.17) is 0 Å². The maximum Gasteiger partial charge on any atom is 0.237 e. The van der Waals surface area contributed by atoms with Crippen molar-refractivity contribution in [1.29, 1.82) is 5.26 Å². The minimum Gasteiger partial charge on any atom is -0.385 e. The average molecular weight is 472 g/mol. The third-order valence-electron chi connectivity index (χ3n) is 6.41. The number of carbonyl (C=O) groups excluding carboxylic acids is 2. The molecule has 3 unspecified atom stereocenters. The molecule has 7 nitrogen and oxygen atoms in total. The molecule has 1 aromatic rings. The fraction of sp³-hybridized carbons (Fsp3) is 0.640. The maximum absolute atomic E-state index is 12.9. The van der Waals surface area contributed by atoms with Gasteiger partial charge in [-0.05, 0) is 70.3 Å². The normalized spacial score (nSPS) is 21.7. The van der Waals surface area contributed by atoms with E-state index >= 15 is 0 Å². The van der Waals surface area contributed by atoms with Crippen LogP contribution in [0.2, 0.25) is 0 Å². The van der Waals surface area contributed by atoms with Crippen molar-refractivity contribution in [2.24, 2.45) is 5.92 Å². The quantitative estimate of drug-likeness (QED) is 0.487. The molecule has 2 aliphatic rings. The summed E-state index contributed by atoms with van der Waals surface area (Å²) in [6.45, 7) is 9.15. The molecule has 0 saturated carbocycles. The molecule has 0 aromatic heterocycles. The van der Waals surface area contributed by atoms with Gasteiger partial charge in [0, 0.05) is 38.3 Å². The number of hydrogen-bond acceptors (Lipinski definition) is 6. The molecule has 2 heterocycles. The van der Waals surface area contributed by atoms with Crippen LogP contribution in [0.25, 0.3) is 0 Å². The molecule has 2 amide bonds. The SMILES string of the molecule is CCNC(=O)C(C#N)CC1SC(CCNc2cccc(CCN3CCCC3)c2)C(=O)N1CC. The molecule has 2 saturated heterocycles. The van der Waals surface area contributed by atoms with E-state index in [1.807, 2.05) is 18.7 Å². The van der Waals surface area contributed by atoms with E-state index in [2.05, 4.69) is 45.9 Å². The highest BCUT2D eigenvalue weighted by atomic mass is 32.2. The van der Waals surface area contributed by atoms with Crippen molar-refractivity contribution in [3.8, 4) is 6.07 Å². The van der Waals surface area contributed by atoms with E-state index in [9.17, 15) is 14.9 Å². The first-order chi connectivity index (χ1) is 16.0. The molecule has 0 bridgehead atoms. The van der Waals surface area contributed by atoms with E-state index in [1.54, 1.807) is 11.8 Å². The lowest BCUT2D eigenvalue weighted by Gasteiger charge is -2.23. The second-order valence-electron chi connectivity index (χ2n) is 8.73. The van der Waals surface area contributed by atoms with Crippen molar-refractivity contribution >= 4 is 29.3 Å². The van der Waals surface area contributed by atoms with Gasteiger partial charge in [-0.3, -0.25) is 9.59 Å². The Morgan fingerprint density at radius 3 is 2.79 bits per heavy atom. The summed E-state index contributed by atoms with van der Waals surface area (Å²) < 4.78 is 0. The predicted octanol–water partition coefficient (Wildman–Crippen LogP) is 3.08. The number of nitrogens with zero attached hydrogens (tertiary/aromatic N) is 3. The number of hydrogen-bond donors (Lipinski definition) is 2. The molecule has 0 radical (unpaired) electrons. The summed E-state index contributed by atoms with van der Waals surface area (Å²) in [5.41, 5.74) is 2.43. The van der Waals surface area contributed by atoms with Crippen molar-refractivity contribution in [2.75, 3.05) is 44.6 Å². The first-order valence-corrected chi connectivity index (χ1v) is 13.2. The molecule has 3 atom stereocenters. The van der Waals surface area contributed by atoms with Crippen molar-refractivity contribution < 1.29 is 9.59 Å². The number of amides is 2. The predicted molar refractivity (Wildman–Crippen MR) is 134 cm³/mol. The van der Waals surface area contributed by atoms with Crippen LogP contribution >= 0.6 is 11.8 Å². The van der Waals surface area contributed by atoms with Crippen LogP contribution in [0.4, 0.5) is 5.69 Å². The number of carbonyl (C=O) groups is 2. The van der Waals surface area contributed by atoms with E-state index in [0.717, 1.165) is 18.7 Å². The van der Waals surface area contributed by atoms with Gasteiger partial charge in [0.25, 0.3) is 0 Å². The molecule has 1 aromatic carbocycles. The lowest BCUT2D eigenvalue weighted by molar-refractivity contribution is -0.131. The van der Waals surface area contributed by atoms with Crippen LogP contribution in [0.15, 0.2) is 24.3 Å². The first kappa shape index (κ1) is 25.4. The van der Waals surface area contributed by atoms with E-state index in [1.165, 1.54) is 31.5 Å². The van der Waals surface area contributed by atoms with Crippen LogP contribution in [0.3, 0.4) is 0 Å². The zero-order valence-corrected chi connectivity index (χ0v) is 20.7. The van der Waals surface area contributed by atoms with Gasteiger partial charge in [0.15, 0.2) is 0 Å². The summed E-state index contributed by atoms with van der Waals surface area (Å²) in [6.07, 6.45) is 4.78. The van der Waals surface area contributed by atoms with Crippen molar-refractivity contribution in [2.45, 2.75) is 56.6 Å². The third-order valence-corrected chi connectivity index (χ3v) is 7.93. The molecular formula is C25H37N5O2S. The van der Waals surface area contributed by atoms with Gasteiger partial charge in [0.2, 0.25) is 11.8 Å².